The molecule has 2 aromatic carbocycles. The Kier molecular flexibility index (Phi) is 3.66. The summed E-state index contributed by atoms with van der Waals surface area (Å²) in [6, 6.07) is 15.3. The zero-order valence-electron chi connectivity index (χ0n) is 11.5. The molecule has 0 aromatic heterocycles. The summed E-state index contributed by atoms with van der Waals surface area (Å²) in [4.78, 5) is 0. The lowest BCUT2D eigenvalue weighted by Crippen LogP contribution is -1.86. The minimum atomic E-state index is 1.00. The molecule has 0 fully saturated rings. The maximum absolute atomic E-state index is 4.08. The van der Waals surface area contributed by atoms with E-state index < -0.39 is 0 Å². The Morgan fingerprint density at radius 2 is 1.67 bits per heavy atom. The first-order valence-electron chi connectivity index (χ1n) is 6.47. The van der Waals surface area contributed by atoms with Crippen LogP contribution >= 0.6 is 0 Å². The maximum atomic E-state index is 4.08. The van der Waals surface area contributed by atoms with E-state index in [1.165, 1.54) is 33.4 Å². The predicted molar refractivity (Wildman–Crippen MR) is 80.7 cm³/mol. The summed E-state index contributed by atoms with van der Waals surface area (Å²) < 4.78 is 0. The highest BCUT2D eigenvalue weighted by Gasteiger charge is 2.03. The van der Waals surface area contributed by atoms with Gasteiger partial charge in [0, 0.05) is 0 Å². The standard InChI is InChI=1S/C18H20/c1-5-14(3)16-8-10-17(11-9-16)18-12-13(2)6-7-15(18)4/h6-12H,3,5H2,1-2,4H3. The first kappa shape index (κ1) is 12.6. The summed E-state index contributed by atoms with van der Waals surface area (Å²) >= 11 is 0. The van der Waals surface area contributed by atoms with E-state index in [0.29, 0.717) is 0 Å². The molecule has 0 amide bonds. The van der Waals surface area contributed by atoms with E-state index in [0.717, 1.165) is 6.42 Å². The lowest BCUT2D eigenvalue weighted by Gasteiger charge is -2.09. The fourth-order valence-electron chi connectivity index (χ4n) is 2.14. The maximum Gasteiger partial charge on any atom is -0.0152 e. The van der Waals surface area contributed by atoms with Gasteiger partial charge in [0.1, 0.15) is 0 Å². The number of rotatable bonds is 3. The Morgan fingerprint density at radius 3 is 2.28 bits per heavy atom. The van der Waals surface area contributed by atoms with Crippen molar-refractivity contribution in [1.29, 1.82) is 0 Å². The van der Waals surface area contributed by atoms with E-state index >= 15 is 0 Å². The van der Waals surface area contributed by atoms with Crippen molar-refractivity contribution in [1.82, 2.24) is 0 Å². The van der Waals surface area contributed by atoms with Crippen LogP contribution in [0.15, 0.2) is 49.0 Å². The van der Waals surface area contributed by atoms with Gasteiger partial charge in [-0.15, -0.1) is 0 Å². The molecule has 0 saturated heterocycles. The quantitative estimate of drug-likeness (QED) is 0.670. The Morgan fingerprint density at radius 1 is 1.00 bits per heavy atom. The second-order valence-corrected chi connectivity index (χ2v) is 4.85. The molecule has 0 aliphatic rings. The van der Waals surface area contributed by atoms with E-state index in [2.05, 4.69) is 69.8 Å². The highest BCUT2D eigenvalue weighted by atomic mass is 14.1. The number of aryl methyl sites for hydroxylation is 2. The Labute approximate surface area is 110 Å². The zero-order chi connectivity index (χ0) is 13.1. The minimum Gasteiger partial charge on any atom is -0.0952 e. The molecule has 0 spiro atoms. The second kappa shape index (κ2) is 5.22. The molecule has 2 rings (SSSR count). The normalized spacial score (nSPS) is 10.4. The molecule has 0 nitrogen and oxygen atoms in total. The van der Waals surface area contributed by atoms with Gasteiger partial charge in [0.2, 0.25) is 0 Å². The minimum absolute atomic E-state index is 1.00. The van der Waals surface area contributed by atoms with Crippen molar-refractivity contribution in [2.24, 2.45) is 0 Å². The average molecular weight is 236 g/mol. The molecule has 0 heterocycles. The summed E-state index contributed by atoms with van der Waals surface area (Å²) in [6.45, 7) is 10.5. The van der Waals surface area contributed by atoms with Crippen molar-refractivity contribution in [3.05, 3.63) is 65.7 Å². The fourth-order valence-corrected chi connectivity index (χ4v) is 2.14. The number of hydrogen-bond acceptors (Lipinski definition) is 0. The average Bonchev–Trinajstić information content (AvgIpc) is 2.41. The molecule has 18 heavy (non-hydrogen) atoms. The first-order chi connectivity index (χ1) is 8.61. The van der Waals surface area contributed by atoms with Gasteiger partial charge in [0.05, 0.1) is 0 Å². The summed E-state index contributed by atoms with van der Waals surface area (Å²) in [7, 11) is 0. The summed E-state index contributed by atoms with van der Waals surface area (Å²) in [6.07, 6.45) is 1.00. The van der Waals surface area contributed by atoms with Crippen LogP contribution in [0.5, 0.6) is 0 Å². The van der Waals surface area contributed by atoms with Crippen molar-refractivity contribution in [3.8, 4) is 11.1 Å². The van der Waals surface area contributed by atoms with Crippen LogP contribution in [0.2, 0.25) is 0 Å². The van der Waals surface area contributed by atoms with Crippen LogP contribution in [-0.4, -0.2) is 0 Å². The third kappa shape index (κ3) is 2.53. The molecule has 2 aromatic rings. The van der Waals surface area contributed by atoms with Crippen LogP contribution in [0.1, 0.15) is 30.0 Å². The van der Waals surface area contributed by atoms with Crippen LogP contribution in [0.4, 0.5) is 0 Å². The summed E-state index contributed by atoms with van der Waals surface area (Å²) in [5.74, 6) is 0. The molecule has 0 aliphatic heterocycles. The van der Waals surface area contributed by atoms with E-state index in [4.69, 9.17) is 0 Å². The topological polar surface area (TPSA) is 0 Å². The summed E-state index contributed by atoms with van der Waals surface area (Å²) in [5, 5.41) is 0. The monoisotopic (exact) mass is 236 g/mol. The molecule has 0 bridgehead atoms. The van der Waals surface area contributed by atoms with Gasteiger partial charge in [-0.05, 0) is 48.1 Å². The largest absolute Gasteiger partial charge is 0.0952 e. The SMILES string of the molecule is C=C(CC)c1ccc(-c2cc(C)ccc2C)cc1. The number of allylic oxidation sites excluding steroid dienone is 1. The fraction of sp³-hybridized carbons (Fsp3) is 0.222. The van der Waals surface area contributed by atoms with E-state index in [1.54, 1.807) is 0 Å². The summed E-state index contributed by atoms with van der Waals surface area (Å²) in [5.41, 5.74) is 7.67. The van der Waals surface area contributed by atoms with Crippen LogP contribution in [0.25, 0.3) is 16.7 Å². The smallest absolute Gasteiger partial charge is 0.0152 e. The molecular weight excluding hydrogens is 216 g/mol. The third-order valence-corrected chi connectivity index (χ3v) is 3.42. The van der Waals surface area contributed by atoms with Crippen molar-refractivity contribution in [2.45, 2.75) is 27.2 Å². The lowest BCUT2D eigenvalue weighted by atomic mass is 9.96. The lowest BCUT2D eigenvalue weighted by molar-refractivity contribution is 1.24. The number of hydrogen-bond donors (Lipinski definition) is 0. The Balaban J connectivity index is 2.40. The van der Waals surface area contributed by atoms with Gasteiger partial charge >= 0.3 is 0 Å². The number of benzene rings is 2. The molecular formula is C18H20. The van der Waals surface area contributed by atoms with E-state index in [9.17, 15) is 0 Å². The molecule has 0 N–H and O–H groups in total. The molecule has 0 heteroatoms. The second-order valence-electron chi connectivity index (χ2n) is 4.85. The third-order valence-electron chi connectivity index (χ3n) is 3.42. The zero-order valence-corrected chi connectivity index (χ0v) is 11.5. The highest BCUT2D eigenvalue weighted by molar-refractivity contribution is 5.71. The highest BCUT2D eigenvalue weighted by Crippen LogP contribution is 2.26. The molecule has 0 radical (unpaired) electrons. The van der Waals surface area contributed by atoms with Crippen molar-refractivity contribution < 1.29 is 0 Å². The van der Waals surface area contributed by atoms with Gasteiger partial charge in [0.25, 0.3) is 0 Å². The van der Waals surface area contributed by atoms with Gasteiger partial charge in [-0.3, -0.25) is 0 Å². The molecule has 92 valence electrons. The molecule has 0 unspecified atom stereocenters. The van der Waals surface area contributed by atoms with Gasteiger partial charge in [-0.2, -0.15) is 0 Å². The van der Waals surface area contributed by atoms with Gasteiger partial charge in [-0.25, -0.2) is 0 Å². The van der Waals surface area contributed by atoms with Gasteiger partial charge < -0.3 is 0 Å². The van der Waals surface area contributed by atoms with Crippen LogP contribution in [0, 0.1) is 13.8 Å². The van der Waals surface area contributed by atoms with Crippen molar-refractivity contribution in [2.75, 3.05) is 0 Å². The molecule has 0 atom stereocenters. The van der Waals surface area contributed by atoms with E-state index in [-0.39, 0.29) is 0 Å². The van der Waals surface area contributed by atoms with Gasteiger partial charge in [-0.1, -0.05) is 61.5 Å². The predicted octanol–water partition coefficient (Wildman–Crippen LogP) is 5.39. The van der Waals surface area contributed by atoms with Gasteiger partial charge in [0.15, 0.2) is 0 Å². The first-order valence-corrected chi connectivity index (χ1v) is 6.47. The van der Waals surface area contributed by atoms with Crippen molar-refractivity contribution >= 4 is 5.57 Å². The Hall–Kier alpha value is -1.82. The van der Waals surface area contributed by atoms with Crippen LogP contribution < -0.4 is 0 Å². The molecule has 0 saturated carbocycles. The van der Waals surface area contributed by atoms with E-state index in [1.807, 2.05) is 0 Å². The van der Waals surface area contributed by atoms with Crippen molar-refractivity contribution in [3.63, 3.8) is 0 Å². The Bertz CT molecular complexity index is 559. The molecule has 0 aliphatic carbocycles. The van der Waals surface area contributed by atoms with Crippen LogP contribution in [-0.2, 0) is 0 Å². The van der Waals surface area contributed by atoms with Crippen LogP contribution in [0.3, 0.4) is 0 Å².